The molecule has 1 N–H and O–H groups in total. The number of amides is 1. The van der Waals surface area contributed by atoms with Crippen molar-refractivity contribution >= 4 is 15.9 Å². The van der Waals surface area contributed by atoms with Gasteiger partial charge in [0.05, 0.1) is 4.90 Å². The van der Waals surface area contributed by atoms with Crippen LogP contribution in [0.2, 0.25) is 0 Å². The largest absolute Gasteiger partial charge is 0.338 e. The normalized spacial score (nSPS) is 11.2. The minimum absolute atomic E-state index is 0.111. The van der Waals surface area contributed by atoms with Gasteiger partial charge >= 0.3 is 0 Å². The van der Waals surface area contributed by atoms with Crippen molar-refractivity contribution in [1.82, 2.24) is 9.62 Å². The predicted octanol–water partition coefficient (Wildman–Crippen LogP) is 1.62. The molecule has 5 nitrogen and oxygen atoms in total. The number of nitrogens with one attached hydrogen (secondary N) is 1. The van der Waals surface area contributed by atoms with Crippen molar-refractivity contribution in [3.8, 4) is 0 Å². The lowest BCUT2D eigenvalue weighted by Crippen LogP contribution is -2.37. The molecule has 0 aromatic heterocycles. The molecule has 116 valence electrons. The number of carbonyl (C=O) groups excluding carboxylic acids is 1. The van der Waals surface area contributed by atoms with Crippen LogP contribution >= 0.6 is 0 Å². The second-order valence-electron chi connectivity index (χ2n) is 4.90. The smallest absolute Gasteiger partial charge is 0.240 e. The molecule has 1 rings (SSSR count). The fourth-order valence-electron chi connectivity index (χ4n) is 1.81. The maximum Gasteiger partial charge on any atom is 0.240 e. The molecule has 0 fully saturated rings. The fraction of sp³-hybridized carbons (Fsp3) is 0.400. The zero-order chi connectivity index (χ0) is 16.0. The van der Waals surface area contributed by atoms with Gasteiger partial charge < -0.3 is 4.90 Å². The van der Waals surface area contributed by atoms with Gasteiger partial charge in [0, 0.05) is 26.6 Å². The van der Waals surface area contributed by atoms with Crippen LogP contribution in [0.4, 0.5) is 0 Å². The molecule has 1 amide bonds. The number of hydrogen-bond acceptors (Lipinski definition) is 3. The summed E-state index contributed by atoms with van der Waals surface area (Å²) in [5, 5.41) is 0. The number of sulfonamides is 1. The highest BCUT2D eigenvalue weighted by Gasteiger charge is 2.15. The van der Waals surface area contributed by atoms with E-state index in [2.05, 4.69) is 11.3 Å². The molecule has 0 aliphatic heterocycles. The Morgan fingerprint density at radius 3 is 2.52 bits per heavy atom. The summed E-state index contributed by atoms with van der Waals surface area (Å²) in [5.41, 5.74) is 1.97. The number of hydrogen-bond donors (Lipinski definition) is 1. The third-order valence-electron chi connectivity index (χ3n) is 3.26. The zero-order valence-electron chi connectivity index (χ0n) is 12.7. The zero-order valence-corrected chi connectivity index (χ0v) is 13.5. The SMILES string of the molecule is C=CCN(CCNS(=O)(=O)c1ccc(C)c(C)c1)C(C)=O. The molecule has 0 saturated carbocycles. The molecule has 0 aliphatic carbocycles. The van der Waals surface area contributed by atoms with Gasteiger partial charge in [0.25, 0.3) is 0 Å². The summed E-state index contributed by atoms with van der Waals surface area (Å²) >= 11 is 0. The van der Waals surface area contributed by atoms with Crippen molar-refractivity contribution in [2.75, 3.05) is 19.6 Å². The number of nitrogens with zero attached hydrogens (tertiary/aromatic N) is 1. The Morgan fingerprint density at radius 2 is 2.00 bits per heavy atom. The predicted molar refractivity (Wildman–Crippen MR) is 83.6 cm³/mol. The second kappa shape index (κ2) is 7.38. The summed E-state index contributed by atoms with van der Waals surface area (Å²) in [4.78, 5) is 13.1. The molecule has 6 heteroatoms. The van der Waals surface area contributed by atoms with Crippen molar-refractivity contribution in [2.24, 2.45) is 0 Å². The molecular formula is C15H22N2O3S. The van der Waals surface area contributed by atoms with Crippen LogP contribution in [0.15, 0.2) is 35.7 Å². The lowest BCUT2D eigenvalue weighted by molar-refractivity contribution is -0.128. The summed E-state index contributed by atoms with van der Waals surface area (Å²) in [7, 11) is -3.55. The molecule has 0 aliphatic rings. The van der Waals surface area contributed by atoms with E-state index in [1.54, 1.807) is 24.3 Å². The monoisotopic (exact) mass is 310 g/mol. The standard InChI is InChI=1S/C15H22N2O3S/c1-5-9-17(14(4)18)10-8-16-21(19,20)15-7-6-12(2)13(3)11-15/h5-7,11,16H,1,8-10H2,2-4H3. The molecule has 0 unspecified atom stereocenters. The minimum Gasteiger partial charge on any atom is -0.338 e. The van der Waals surface area contributed by atoms with Crippen LogP contribution in [0.1, 0.15) is 18.1 Å². The molecule has 0 radical (unpaired) electrons. The Bertz CT molecular complexity index is 624. The summed E-state index contributed by atoms with van der Waals surface area (Å²) in [6, 6.07) is 5.00. The molecule has 0 bridgehead atoms. The van der Waals surface area contributed by atoms with Crippen LogP contribution in [-0.4, -0.2) is 38.9 Å². The Hall–Kier alpha value is -1.66. The van der Waals surface area contributed by atoms with Gasteiger partial charge in [0.2, 0.25) is 15.9 Å². The average Bonchev–Trinajstić information content (AvgIpc) is 2.40. The van der Waals surface area contributed by atoms with Crippen LogP contribution in [-0.2, 0) is 14.8 Å². The first-order valence-electron chi connectivity index (χ1n) is 6.71. The van der Waals surface area contributed by atoms with Crippen molar-refractivity contribution < 1.29 is 13.2 Å². The lowest BCUT2D eigenvalue weighted by atomic mass is 10.1. The highest BCUT2D eigenvalue weighted by Crippen LogP contribution is 2.14. The third kappa shape index (κ3) is 4.99. The summed E-state index contributed by atoms with van der Waals surface area (Å²) < 4.78 is 26.9. The maximum atomic E-state index is 12.2. The van der Waals surface area contributed by atoms with E-state index >= 15 is 0 Å². The minimum atomic E-state index is -3.55. The van der Waals surface area contributed by atoms with Crippen LogP contribution in [0.25, 0.3) is 0 Å². The van der Waals surface area contributed by atoms with Crippen molar-refractivity contribution in [3.05, 3.63) is 42.0 Å². The molecule has 21 heavy (non-hydrogen) atoms. The van der Waals surface area contributed by atoms with Gasteiger partial charge in [-0.3, -0.25) is 4.79 Å². The van der Waals surface area contributed by atoms with E-state index < -0.39 is 10.0 Å². The first-order chi connectivity index (χ1) is 9.77. The Morgan fingerprint density at radius 1 is 1.33 bits per heavy atom. The number of rotatable bonds is 7. The third-order valence-corrected chi connectivity index (χ3v) is 4.72. The van der Waals surface area contributed by atoms with E-state index in [4.69, 9.17) is 0 Å². The van der Waals surface area contributed by atoms with Crippen molar-refractivity contribution in [1.29, 1.82) is 0 Å². The van der Waals surface area contributed by atoms with Gasteiger partial charge in [-0.1, -0.05) is 12.1 Å². The van der Waals surface area contributed by atoms with Crippen LogP contribution in [0, 0.1) is 13.8 Å². The van der Waals surface area contributed by atoms with Crippen LogP contribution < -0.4 is 4.72 Å². The first-order valence-corrected chi connectivity index (χ1v) is 8.19. The molecular weight excluding hydrogens is 288 g/mol. The Labute approximate surface area is 126 Å². The van der Waals surface area contributed by atoms with E-state index in [0.717, 1.165) is 11.1 Å². The van der Waals surface area contributed by atoms with E-state index in [1.807, 2.05) is 13.8 Å². The lowest BCUT2D eigenvalue weighted by Gasteiger charge is -2.19. The number of aryl methyl sites for hydroxylation is 2. The fourth-order valence-corrected chi connectivity index (χ4v) is 2.92. The van der Waals surface area contributed by atoms with Gasteiger partial charge in [-0.15, -0.1) is 6.58 Å². The first kappa shape index (κ1) is 17.4. The van der Waals surface area contributed by atoms with E-state index in [0.29, 0.717) is 13.1 Å². The molecule has 0 spiro atoms. The summed E-state index contributed by atoms with van der Waals surface area (Å²) in [6.45, 7) is 9.70. The van der Waals surface area contributed by atoms with Gasteiger partial charge in [0.1, 0.15) is 0 Å². The topological polar surface area (TPSA) is 66.5 Å². The Balaban J connectivity index is 2.70. The van der Waals surface area contributed by atoms with E-state index in [1.165, 1.54) is 11.8 Å². The highest BCUT2D eigenvalue weighted by molar-refractivity contribution is 7.89. The molecule has 0 atom stereocenters. The van der Waals surface area contributed by atoms with Gasteiger partial charge in [0.15, 0.2) is 0 Å². The molecule has 1 aromatic carbocycles. The van der Waals surface area contributed by atoms with Crippen molar-refractivity contribution in [2.45, 2.75) is 25.7 Å². The highest BCUT2D eigenvalue weighted by atomic mass is 32.2. The maximum absolute atomic E-state index is 12.2. The summed E-state index contributed by atoms with van der Waals surface area (Å²) in [5.74, 6) is -0.111. The second-order valence-corrected chi connectivity index (χ2v) is 6.66. The van der Waals surface area contributed by atoms with Crippen LogP contribution in [0.3, 0.4) is 0 Å². The molecule has 0 heterocycles. The number of carbonyl (C=O) groups is 1. The van der Waals surface area contributed by atoms with Crippen LogP contribution in [0.5, 0.6) is 0 Å². The van der Waals surface area contributed by atoms with Gasteiger partial charge in [-0.2, -0.15) is 0 Å². The van der Waals surface area contributed by atoms with E-state index in [9.17, 15) is 13.2 Å². The van der Waals surface area contributed by atoms with Gasteiger partial charge in [-0.05, 0) is 37.1 Å². The molecule has 0 saturated heterocycles. The van der Waals surface area contributed by atoms with Gasteiger partial charge in [-0.25, -0.2) is 13.1 Å². The molecule has 1 aromatic rings. The van der Waals surface area contributed by atoms with E-state index in [-0.39, 0.29) is 17.3 Å². The Kier molecular flexibility index (Phi) is 6.11. The quantitative estimate of drug-likeness (QED) is 0.778. The number of benzene rings is 1. The van der Waals surface area contributed by atoms with Crippen molar-refractivity contribution in [3.63, 3.8) is 0 Å². The summed E-state index contributed by atoms with van der Waals surface area (Å²) in [6.07, 6.45) is 1.61. The average molecular weight is 310 g/mol.